The van der Waals surface area contributed by atoms with Crippen LogP contribution in [0.3, 0.4) is 0 Å². The number of H-pyrrole nitrogens is 1. The van der Waals surface area contributed by atoms with Gasteiger partial charge in [0.2, 0.25) is 0 Å². The van der Waals surface area contributed by atoms with E-state index in [0.717, 1.165) is 27.7 Å². The number of anilines is 1. The van der Waals surface area contributed by atoms with Gasteiger partial charge in [-0.15, -0.1) is 0 Å². The third-order valence-corrected chi connectivity index (χ3v) is 5.86. The van der Waals surface area contributed by atoms with Crippen LogP contribution in [0.15, 0.2) is 54.2 Å². The molecule has 2 aromatic carbocycles. The number of nitro benzene ring substituents is 1. The predicted molar refractivity (Wildman–Crippen MR) is 119 cm³/mol. The summed E-state index contributed by atoms with van der Waals surface area (Å²) >= 11 is 0. The molecule has 3 aromatic rings. The molecule has 32 heavy (non-hydrogen) atoms. The van der Waals surface area contributed by atoms with Crippen molar-refractivity contribution in [2.45, 2.75) is 31.8 Å². The summed E-state index contributed by atoms with van der Waals surface area (Å²) in [6.07, 6.45) is 1.83. The monoisotopic (exact) mass is 427 g/mol. The number of nitro groups is 1. The number of hydrogen-bond donors (Lipinski definition) is 3. The van der Waals surface area contributed by atoms with E-state index in [1.807, 2.05) is 38.1 Å². The second-order valence-corrected chi connectivity index (χ2v) is 7.96. The van der Waals surface area contributed by atoms with Crippen molar-refractivity contribution in [1.29, 1.82) is 10.5 Å². The van der Waals surface area contributed by atoms with E-state index >= 15 is 0 Å². The van der Waals surface area contributed by atoms with Crippen molar-refractivity contribution in [3.63, 3.8) is 0 Å². The summed E-state index contributed by atoms with van der Waals surface area (Å²) in [5, 5.41) is 45.4. The average Bonchev–Trinajstić information content (AvgIpc) is 3.19. The van der Waals surface area contributed by atoms with E-state index in [0.29, 0.717) is 12.4 Å². The summed E-state index contributed by atoms with van der Waals surface area (Å²) in [6, 6.07) is 16.5. The van der Waals surface area contributed by atoms with Crippen LogP contribution in [0, 0.1) is 38.7 Å². The van der Waals surface area contributed by atoms with Crippen molar-refractivity contribution in [1.82, 2.24) is 15.5 Å². The van der Waals surface area contributed by atoms with Crippen LogP contribution < -0.4 is 10.6 Å². The van der Waals surface area contributed by atoms with Crippen LogP contribution in [0.1, 0.15) is 25.0 Å². The van der Waals surface area contributed by atoms with Crippen molar-refractivity contribution in [3.05, 3.63) is 75.5 Å². The lowest BCUT2D eigenvalue weighted by atomic mass is 9.67. The van der Waals surface area contributed by atoms with Crippen LogP contribution in [0.25, 0.3) is 10.9 Å². The van der Waals surface area contributed by atoms with Gasteiger partial charge in [-0.25, -0.2) is 0 Å². The lowest BCUT2D eigenvalue weighted by Gasteiger charge is -2.38. The van der Waals surface area contributed by atoms with Gasteiger partial charge < -0.3 is 10.6 Å². The number of fused-ring (bicyclic) bond motifs is 1. The summed E-state index contributed by atoms with van der Waals surface area (Å²) in [4.78, 5) is 10.4. The molecule has 9 nitrogen and oxygen atoms in total. The predicted octanol–water partition coefficient (Wildman–Crippen LogP) is 3.88. The molecule has 0 aliphatic carbocycles. The van der Waals surface area contributed by atoms with Crippen molar-refractivity contribution in [2.75, 3.05) is 5.32 Å². The Balaban J connectivity index is 1.68. The zero-order valence-electron chi connectivity index (χ0n) is 17.6. The Labute approximate surface area is 184 Å². The summed E-state index contributed by atoms with van der Waals surface area (Å²) in [5.41, 5.74) is 2.21. The molecule has 2 heterocycles. The lowest BCUT2D eigenvalue weighted by Crippen LogP contribution is -2.48. The minimum absolute atomic E-state index is 0.0389. The highest BCUT2D eigenvalue weighted by atomic mass is 16.6. The van der Waals surface area contributed by atoms with Gasteiger partial charge in [0.25, 0.3) is 5.69 Å². The van der Waals surface area contributed by atoms with Gasteiger partial charge in [0.05, 0.1) is 28.5 Å². The summed E-state index contributed by atoms with van der Waals surface area (Å²) in [6.45, 7) is 4.22. The molecular formula is C23H21N7O2. The molecular weight excluding hydrogens is 406 g/mol. The largest absolute Gasteiger partial charge is 0.385 e. The molecule has 1 aliphatic rings. The number of nitrogens with zero attached hydrogens (tertiary/aromatic N) is 4. The van der Waals surface area contributed by atoms with Crippen LogP contribution >= 0.6 is 0 Å². The van der Waals surface area contributed by atoms with Crippen LogP contribution in [0.5, 0.6) is 0 Å². The minimum Gasteiger partial charge on any atom is -0.385 e. The highest BCUT2D eigenvalue weighted by molar-refractivity contribution is 5.90. The maximum atomic E-state index is 10.8. The van der Waals surface area contributed by atoms with Crippen molar-refractivity contribution < 1.29 is 4.92 Å². The smallest absolute Gasteiger partial charge is 0.269 e. The molecule has 0 saturated heterocycles. The van der Waals surface area contributed by atoms with E-state index in [4.69, 9.17) is 0 Å². The van der Waals surface area contributed by atoms with Gasteiger partial charge in [-0.3, -0.25) is 15.2 Å². The molecule has 1 aromatic heterocycles. The van der Waals surface area contributed by atoms with E-state index in [2.05, 4.69) is 33.0 Å². The van der Waals surface area contributed by atoms with Crippen LogP contribution in [0.2, 0.25) is 0 Å². The van der Waals surface area contributed by atoms with Crippen molar-refractivity contribution in [3.8, 4) is 12.1 Å². The molecule has 4 rings (SSSR count). The van der Waals surface area contributed by atoms with E-state index < -0.39 is 16.3 Å². The number of allylic oxidation sites excluding steroid dienone is 2. The third-order valence-electron chi connectivity index (χ3n) is 5.86. The first-order chi connectivity index (χ1) is 15.4. The molecule has 160 valence electrons. The molecule has 0 spiro atoms. The Morgan fingerprint density at radius 2 is 2.00 bits per heavy atom. The standard InChI is InChI=1S/C23H21N7O2/c1-14-10-23(13-25,20(11-24)15(2)27-14)17-5-8-21-19(9-17)22(29-28-21)26-12-16-3-6-18(7-4-16)30(31)32/h3-10,15,20,27H,12H2,1-2H3,(H2,26,28,29). The molecule has 3 N–H and O–H groups in total. The molecule has 3 unspecified atom stereocenters. The minimum atomic E-state index is -1.08. The highest BCUT2D eigenvalue weighted by Crippen LogP contribution is 2.40. The number of nitrogens with one attached hydrogen (secondary N) is 3. The molecule has 1 aliphatic heterocycles. The van der Waals surface area contributed by atoms with E-state index in [1.54, 1.807) is 12.1 Å². The Morgan fingerprint density at radius 3 is 2.66 bits per heavy atom. The number of aromatic amines is 1. The van der Waals surface area contributed by atoms with Gasteiger partial charge >= 0.3 is 0 Å². The Bertz CT molecular complexity index is 1300. The molecule has 9 heteroatoms. The summed E-state index contributed by atoms with van der Waals surface area (Å²) in [5.74, 6) is 0.0431. The Morgan fingerprint density at radius 1 is 1.25 bits per heavy atom. The first-order valence-electron chi connectivity index (χ1n) is 10.1. The van der Waals surface area contributed by atoms with Gasteiger partial charge in [-0.2, -0.15) is 15.6 Å². The first-order valence-corrected chi connectivity index (χ1v) is 10.1. The number of benzene rings is 2. The molecule has 3 atom stereocenters. The Kier molecular flexibility index (Phi) is 5.25. The van der Waals surface area contributed by atoms with E-state index in [-0.39, 0.29) is 11.7 Å². The maximum Gasteiger partial charge on any atom is 0.269 e. The fraction of sp³-hybridized carbons (Fsp3) is 0.261. The van der Waals surface area contributed by atoms with Crippen LogP contribution in [-0.2, 0) is 12.0 Å². The SMILES string of the molecule is CC1=CC(C#N)(c2ccc3[nH]nc(NCc4ccc([N+](=O)[O-])cc4)c3c2)C(C#N)C(C)N1. The number of hydrogen-bond acceptors (Lipinski definition) is 7. The fourth-order valence-corrected chi connectivity index (χ4v) is 4.28. The number of nitriles is 2. The molecule has 0 amide bonds. The van der Waals surface area contributed by atoms with Gasteiger partial charge in [-0.05, 0) is 43.2 Å². The van der Waals surface area contributed by atoms with E-state index in [9.17, 15) is 20.6 Å². The molecule has 0 bridgehead atoms. The summed E-state index contributed by atoms with van der Waals surface area (Å²) < 4.78 is 0. The van der Waals surface area contributed by atoms with Crippen LogP contribution in [-0.4, -0.2) is 21.2 Å². The van der Waals surface area contributed by atoms with E-state index in [1.165, 1.54) is 12.1 Å². The fourth-order valence-electron chi connectivity index (χ4n) is 4.28. The first kappa shape index (κ1) is 20.9. The number of aromatic nitrogens is 2. The quantitative estimate of drug-likeness (QED) is 0.414. The normalized spacial score (nSPS) is 22.3. The number of non-ortho nitro benzene ring substituents is 1. The zero-order valence-corrected chi connectivity index (χ0v) is 17.6. The molecule has 0 saturated carbocycles. The number of rotatable bonds is 5. The van der Waals surface area contributed by atoms with Gasteiger partial charge in [-0.1, -0.05) is 18.2 Å². The summed E-state index contributed by atoms with van der Waals surface area (Å²) in [7, 11) is 0. The van der Waals surface area contributed by atoms with Crippen molar-refractivity contribution >= 4 is 22.4 Å². The second-order valence-electron chi connectivity index (χ2n) is 7.96. The van der Waals surface area contributed by atoms with Gasteiger partial charge in [0.15, 0.2) is 5.82 Å². The average molecular weight is 427 g/mol. The zero-order chi connectivity index (χ0) is 22.9. The molecule has 0 fully saturated rings. The molecule has 0 radical (unpaired) electrons. The Hall–Kier alpha value is -4.37. The topological polar surface area (TPSA) is 143 Å². The second kappa shape index (κ2) is 8.05. The van der Waals surface area contributed by atoms with Crippen LogP contribution in [0.4, 0.5) is 11.5 Å². The van der Waals surface area contributed by atoms with Crippen molar-refractivity contribution in [2.24, 2.45) is 5.92 Å². The third kappa shape index (κ3) is 3.50. The highest BCUT2D eigenvalue weighted by Gasteiger charge is 2.45. The maximum absolute atomic E-state index is 10.8. The van der Waals surface area contributed by atoms with Gasteiger partial charge in [0.1, 0.15) is 5.41 Å². The lowest BCUT2D eigenvalue weighted by molar-refractivity contribution is -0.384. The van der Waals surface area contributed by atoms with Gasteiger partial charge in [0, 0.05) is 35.8 Å².